The summed E-state index contributed by atoms with van der Waals surface area (Å²) >= 11 is 0. The van der Waals surface area contributed by atoms with Gasteiger partial charge in [0.25, 0.3) is 0 Å². The van der Waals surface area contributed by atoms with E-state index in [1.807, 2.05) is 24.3 Å². The van der Waals surface area contributed by atoms with Crippen LogP contribution in [0.15, 0.2) is 36.9 Å². The zero-order chi connectivity index (χ0) is 10.2. The van der Waals surface area contributed by atoms with Gasteiger partial charge in [-0.1, -0.05) is 18.7 Å². The highest BCUT2D eigenvalue weighted by Gasteiger charge is 2.49. The minimum Gasteiger partial charge on any atom is -0.399 e. The Balaban J connectivity index is 2.35. The van der Waals surface area contributed by atoms with Crippen LogP contribution in [-0.2, 0) is 10.2 Å². The summed E-state index contributed by atoms with van der Waals surface area (Å²) < 4.78 is 0. The van der Waals surface area contributed by atoms with Crippen LogP contribution in [0.25, 0.3) is 0 Å². The molecule has 0 saturated heterocycles. The Morgan fingerprint density at radius 1 is 1.36 bits per heavy atom. The maximum Gasteiger partial charge on any atom is 0.165 e. The highest BCUT2D eigenvalue weighted by atomic mass is 16.1. The molecule has 0 radical (unpaired) electrons. The van der Waals surface area contributed by atoms with Crippen LogP contribution in [0, 0.1) is 0 Å². The molecule has 0 unspecified atom stereocenters. The lowest BCUT2D eigenvalue weighted by Crippen LogP contribution is -2.17. The molecule has 1 saturated carbocycles. The molecule has 2 nitrogen and oxygen atoms in total. The Morgan fingerprint density at radius 3 is 2.36 bits per heavy atom. The van der Waals surface area contributed by atoms with Crippen LogP contribution in [0.4, 0.5) is 5.69 Å². The van der Waals surface area contributed by atoms with Crippen molar-refractivity contribution >= 4 is 11.5 Å². The number of hydrogen-bond acceptors (Lipinski definition) is 2. The van der Waals surface area contributed by atoms with Crippen molar-refractivity contribution in [1.29, 1.82) is 0 Å². The van der Waals surface area contributed by atoms with Gasteiger partial charge >= 0.3 is 0 Å². The quantitative estimate of drug-likeness (QED) is 0.581. The molecule has 2 heteroatoms. The first-order chi connectivity index (χ1) is 6.69. The fourth-order valence-corrected chi connectivity index (χ4v) is 1.80. The Kier molecular flexibility index (Phi) is 1.92. The van der Waals surface area contributed by atoms with E-state index >= 15 is 0 Å². The van der Waals surface area contributed by atoms with Crippen LogP contribution in [0.5, 0.6) is 0 Å². The monoisotopic (exact) mass is 187 g/mol. The summed E-state index contributed by atoms with van der Waals surface area (Å²) in [7, 11) is 0. The van der Waals surface area contributed by atoms with Crippen LogP contribution in [0.2, 0.25) is 0 Å². The first-order valence-corrected chi connectivity index (χ1v) is 4.72. The van der Waals surface area contributed by atoms with E-state index < -0.39 is 0 Å². The molecule has 1 fully saturated rings. The fraction of sp³-hybridized carbons (Fsp3) is 0.250. The number of nitrogens with two attached hydrogens (primary N) is 1. The van der Waals surface area contributed by atoms with Gasteiger partial charge in [0.1, 0.15) is 0 Å². The van der Waals surface area contributed by atoms with Gasteiger partial charge in [-0.3, -0.25) is 4.79 Å². The molecule has 0 heterocycles. The molecule has 2 N–H and O–H groups in total. The lowest BCUT2D eigenvalue weighted by molar-refractivity contribution is -0.116. The first-order valence-electron chi connectivity index (χ1n) is 4.72. The fourth-order valence-electron chi connectivity index (χ4n) is 1.80. The second-order valence-corrected chi connectivity index (χ2v) is 3.77. The average molecular weight is 187 g/mol. The SMILES string of the molecule is C=CC(=O)C1(c2ccc(N)cc2)CC1. The van der Waals surface area contributed by atoms with Crippen molar-refractivity contribution in [3.05, 3.63) is 42.5 Å². The second-order valence-electron chi connectivity index (χ2n) is 3.77. The van der Waals surface area contributed by atoms with Crippen molar-refractivity contribution in [2.45, 2.75) is 18.3 Å². The average Bonchev–Trinajstić information content (AvgIpc) is 2.99. The topological polar surface area (TPSA) is 43.1 Å². The van der Waals surface area contributed by atoms with Crippen LogP contribution in [0.1, 0.15) is 18.4 Å². The summed E-state index contributed by atoms with van der Waals surface area (Å²) in [5.74, 6) is 0.127. The van der Waals surface area contributed by atoms with Gasteiger partial charge in [-0.05, 0) is 36.6 Å². The molecule has 14 heavy (non-hydrogen) atoms. The van der Waals surface area contributed by atoms with Gasteiger partial charge in [0.05, 0.1) is 5.41 Å². The van der Waals surface area contributed by atoms with Crippen molar-refractivity contribution in [1.82, 2.24) is 0 Å². The normalized spacial score (nSPS) is 17.4. The molecule has 0 bridgehead atoms. The number of hydrogen-bond donors (Lipinski definition) is 1. The smallest absolute Gasteiger partial charge is 0.165 e. The number of ketones is 1. The van der Waals surface area contributed by atoms with Crippen LogP contribution in [-0.4, -0.2) is 5.78 Å². The predicted octanol–water partition coefficient (Wildman–Crippen LogP) is 2.06. The maximum absolute atomic E-state index is 11.6. The zero-order valence-electron chi connectivity index (χ0n) is 7.99. The number of allylic oxidation sites excluding steroid dienone is 1. The minimum absolute atomic E-state index is 0.127. The van der Waals surface area contributed by atoms with E-state index in [0.29, 0.717) is 0 Å². The highest BCUT2D eigenvalue weighted by Crippen LogP contribution is 2.49. The molecule has 1 aliphatic rings. The summed E-state index contributed by atoms with van der Waals surface area (Å²) in [6, 6.07) is 7.55. The molecule has 0 spiro atoms. The molecular formula is C12H13NO. The Bertz CT molecular complexity index is 374. The third kappa shape index (κ3) is 1.23. The molecule has 1 aromatic carbocycles. The van der Waals surface area contributed by atoms with Gasteiger partial charge in [-0.25, -0.2) is 0 Å². The van der Waals surface area contributed by atoms with Crippen molar-refractivity contribution < 1.29 is 4.79 Å². The summed E-state index contributed by atoms with van der Waals surface area (Å²) in [5, 5.41) is 0. The van der Waals surface area contributed by atoms with Crippen molar-refractivity contribution in [3.63, 3.8) is 0 Å². The molecule has 1 aliphatic carbocycles. The number of carbonyl (C=O) groups is 1. The van der Waals surface area contributed by atoms with Gasteiger partial charge in [0.2, 0.25) is 0 Å². The third-order valence-corrected chi connectivity index (χ3v) is 2.87. The number of benzene rings is 1. The largest absolute Gasteiger partial charge is 0.399 e. The van der Waals surface area contributed by atoms with E-state index in [-0.39, 0.29) is 11.2 Å². The van der Waals surface area contributed by atoms with E-state index in [0.717, 1.165) is 24.1 Å². The van der Waals surface area contributed by atoms with Crippen molar-refractivity contribution in [3.8, 4) is 0 Å². The summed E-state index contributed by atoms with van der Waals surface area (Å²) in [5.41, 5.74) is 7.12. The van der Waals surface area contributed by atoms with Crippen molar-refractivity contribution in [2.75, 3.05) is 5.73 Å². The van der Waals surface area contributed by atoms with Crippen molar-refractivity contribution in [2.24, 2.45) is 0 Å². The predicted molar refractivity (Wildman–Crippen MR) is 57.0 cm³/mol. The molecule has 72 valence electrons. The van der Waals surface area contributed by atoms with Gasteiger partial charge in [0.15, 0.2) is 5.78 Å². The lowest BCUT2D eigenvalue weighted by Gasteiger charge is -2.11. The second kappa shape index (κ2) is 2.98. The Hall–Kier alpha value is -1.57. The summed E-state index contributed by atoms with van der Waals surface area (Å²) in [4.78, 5) is 11.6. The van der Waals surface area contributed by atoms with Crippen LogP contribution in [0.3, 0.4) is 0 Å². The number of anilines is 1. The molecule has 0 aromatic heterocycles. The van der Waals surface area contributed by atoms with Gasteiger partial charge in [-0.2, -0.15) is 0 Å². The molecular weight excluding hydrogens is 174 g/mol. The number of carbonyl (C=O) groups excluding carboxylic acids is 1. The Labute approximate surface area is 83.4 Å². The first kappa shape index (κ1) is 9.00. The molecule has 0 amide bonds. The van der Waals surface area contributed by atoms with Gasteiger partial charge < -0.3 is 5.73 Å². The van der Waals surface area contributed by atoms with E-state index in [1.54, 1.807) is 0 Å². The molecule has 0 aliphatic heterocycles. The van der Waals surface area contributed by atoms with E-state index in [4.69, 9.17) is 5.73 Å². The molecule has 0 atom stereocenters. The van der Waals surface area contributed by atoms with E-state index in [1.165, 1.54) is 6.08 Å². The minimum atomic E-state index is -0.268. The maximum atomic E-state index is 11.6. The zero-order valence-corrected chi connectivity index (χ0v) is 7.99. The van der Waals surface area contributed by atoms with Gasteiger partial charge in [0, 0.05) is 5.69 Å². The van der Waals surface area contributed by atoms with Crippen LogP contribution < -0.4 is 5.73 Å². The van der Waals surface area contributed by atoms with E-state index in [2.05, 4.69) is 6.58 Å². The highest BCUT2D eigenvalue weighted by molar-refractivity contribution is 6.01. The number of rotatable bonds is 3. The molecule has 2 rings (SSSR count). The lowest BCUT2D eigenvalue weighted by atomic mass is 9.91. The number of nitrogen functional groups attached to an aromatic ring is 1. The summed E-state index contributed by atoms with van der Waals surface area (Å²) in [6.45, 7) is 3.54. The standard InChI is InChI=1S/C12H13NO/c1-2-11(14)12(7-8-12)9-3-5-10(13)6-4-9/h2-6H,1,7-8,13H2. The van der Waals surface area contributed by atoms with E-state index in [9.17, 15) is 4.79 Å². The van der Waals surface area contributed by atoms with Crippen LogP contribution >= 0.6 is 0 Å². The third-order valence-electron chi connectivity index (χ3n) is 2.87. The Morgan fingerprint density at radius 2 is 1.93 bits per heavy atom. The summed E-state index contributed by atoms with van der Waals surface area (Å²) in [6.07, 6.45) is 3.28. The van der Waals surface area contributed by atoms with Gasteiger partial charge in [-0.15, -0.1) is 0 Å². The molecule has 1 aromatic rings.